The van der Waals surface area contributed by atoms with Crippen molar-refractivity contribution >= 4 is 23.6 Å². The molecule has 4 nitrogen and oxygen atoms in total. The van der Waals surface area contributed by atoms with Gasteiger partial charge in [0.15, 0.2) is 0 Å². The van der Waals surface area contributed by atoms with E-state index in [4.69, 9.17) is 4.74 Å². The minimum atomic E-state index is -0.331. The van der Waals surface area contributed by atoms with Gasteiger partial charge in [0.25, 0.3) is 0 Å². The zero-order chi connectivity index (χ0) is 12.3. The first-order valence-corrected chi connectivity index (χ1v) is 7.35. The quantitative estimate of drug-likeness (QED) is 0.699. The van der Waals surface area contributed by atoms with E-state index < -0.39 is 0 Å². The van der Waals surface area contributed by atoms with Gasteiger partial charge in [-0.25, -0.2) is 4.79 Å². The lowest BCUT2D eigenvalue weighted by atomic mass is 10.0. The van der Waals surface area contributed by atoms with Gasteiger partial charge in [0.2, 0.25) is 5.91 Å². The molecule has 2 rings (SSSR count). The number of nitrogens with zero attached hydrogens (tertiary/aromatic N) is 1. The number of thioether (sulfide) groups is 1. The summed E-state index contributed by atoms with van der Waals surface area (Å²) < 4.78 is 4.76. The highest BCUT2D eigenvalue weighted by Crippen LogP contribution is 2.28. The van der Waals surface area contributed by atoms with E-state index in [1.807, 2.05) is 11.8 Å². The molecule has 2 saturated heterocycles. The number of hydrogen-bond donors (Lipinski definition) is 0. The summed E-state index contributed by atoms with van der Waals surface area (Å²) in [5, 5.41) is 0. The van der Waals surface area contributed by atoms with E-state index in [1.54, 1.807) is 4.90 Å². The van der Waals surface area contributed by atoms with Crippen LogP contribution in [0.25, 0.3) is 0 Å². The minimum absolute atomic E-state index is 0.126. The molecule has 2 heterocycles. The van der Waals surface area contributed by atoms with Gasteiger partial charge in [-0.3, -0.25) is 4.79 Å². The third kappa shape index (κ3) is 2.76. The first-order chi connectivity index (χ1) is 8.24. The second kappa shape index (κ2) is 5.76. The lowest BCUT2D eigenvalue weighted by molar-refractivity contribution is -0.152. The standard InChI is InChI=1S/C12H19NO3S/c1-16-12(15)10-3-2-6-13(10)11(14)9-4-7-17-8-5-9/h9-10H,2-8H2,1H3/t10-/m0/s1. The van der Waals surface area contributed by atoms with E-state index in [9.17, 15) is 9.59 Å². The van der Waals surface area contributed by atoms with Crippen LogP contribution in [-0.4, -0.2) is 48.0 Å². The van der Waals surface area contributed by atoms with Gasteiger partial charge in [0.05, 0.1) is 7.11 Å². The van der Waals surface area contributed by atoms with Gasteiger partial charge in [0, 0.05) is 12.5 Å². The van der Waals surface area contributed by atoms with Gasteiger partial charge in [0.1, 0.15) is 6.04 Å². The molecule has 0 aromatic rings. The summed E-state index contributed by atoms with van der Waals surface area (Å²) >= 11 is 1.91. The fraction of sp³-hybridized carbons (Fsp3) is 0.833. The van der Waals surface area contributed by atoms with Crippen molar-refractivity contribution in [2.75, 3.05) is 25.2 Å². The molecule has 96 valence electrons. The molecule has 17 heavy (non-hydrogen) atoms. The van der Waals surface area contributed by atoms with Crippen molar-refractivity contribution in [1.82, 2.24) is 4.90 Å². The van der Waals surface area contributed by atoms with E-state index in [0.29, 0.717) is 6.54 Å². The van der Waals surface area contributed by atoms with E-state index in [-0.39, 0.29) is 23.8 Å². The predicted molar refractivity (Wildman–Crippen MR) is 66.8 cm³/mol. The SMILES string of the molecule is COC(=O)[C@@H]1CCCN1C(=O)C1CCSCC1. The number of rotatable bonds is 2. The number of esters is 1. The first kappa shape index (κ1) is 12.7. The molecule has 0 radical (unpaired) electrons. The van der Waals surface area contributed by atoms with Gasteiger partial charge < -0.3 is 9.64 Å². The average Bonchev–Trinajstić information content (AvgIpc) is 2.87. The van der Waals surface area contributed by atoms with Crippen molar-refractivity contribution in [2.45, 2.75) is 31.7 Å². The molecular formula is C12H19NO3S. The van der Waals surface area contributed by atoms with Crippen LogP contribution in [0.5, 0.6) is 0 Å². The summed E-state index contributed by atoms with van der Waals surface area (Å²) in [4.78, 5) is 25.7. The van der Waals surface area contributed by atoms with Gasteiger partial charge in [-0.05, 0) is 37.2 Å². The Labute approximate surface area is 106 Å². The van der Waals surface area contributed by atoms with Gasteiger partial charge in [-0.2, -0.15) is 11.8 Å². The van der Waals surface area contributed by atoms with Crippen LogP contribution in [0.1, 0.15) is 25.7 Å². The smallest absolute Gasteiger partial charge is 0.328 e. The Bertz CT molecular complexity index is 302. The predicted octanol–water partition coefficient (Wildman–Crippen LogP) is 1.29. The number of ether oxygens (including phenoxy) is 1. The molecule has 1 amide bonds. The van der Waals surface area contributed by atoms with E-state index >= 15 is 0 Å². The Kier molecular flexibility index (Phi) is 4.31. The lowest BCUT2D eigenvalue weighted by Crippen LogP contribution is -2.44. The van der Waals surface area contributed by atoms with Crippen LogP contribution in [0, 0.1) is 5.92 Å². The lowest BCUT2D eigenvalue weighted by Gasteiger charge is -2.29. The zero-order valence-corrected chi connectivity index (χ0v) is 11.0. The maximum absolute atomic E-state index is 12.3. The molecule has 5 heteroatoms. The van der Waals surface area contributed by atoms with Crippen molar-refractivity contribution in [3.8, 4) is 0 Å². The Morgan fingerprint density at radius 3 is 2.59 bits per heavy atom. The summed E-state index contributed by atoms with van der Waals surface area (Å²) in [6, 6.07) is -0.331. The number of amides is 1. The molecule has 0 bridgehead atoms. The normalized spacial score (nSPS) is 25.9. The number of carbonyl (C=O) groups is 2. The second-order valence-corrected chi connectivity index (χ2v) is 5.82. The maximum Gasteiger partial charge on any atom is 0.328 e. The van der Waals surface area contributed by atoms with Crippen molar-refractivity contribution in [2.24, 2.45) is 5.92 Å². The number of likely N-dealkylation sites (tertiary alicyclic amines) is 1. The molecule has 0 aliphatic carbocycles. The van der Waals surface area contributed by atoms with E-state index in [1.165, 1.54) is 7.11 Å². The van der Waals surface area contributed by atoms with Crippen LogP contribution in [0.2, 0.25) is 0 Å². The summed E-state index contributed by atoms with van der Waals surface area (Å²) in [5.74, 6) is 2.15. The van der Waals surface area contributed by atoms with E-state index in [0.717, 1.165) is 37.2 Å². The minimum Gasteiger partial charge on any atom is -0.467 e. The number of hydrogen-bond acceptors (Lipinski definition) is 4. The highest BCUT2D eigenvalue weighted by Gasteiger charge is 2.37. The van der Waals surface area contributed by atoms with Crippen molar-refractivity contribution in [3.05, 3.63) is 0 Å². The summed E-state index contributed by atoms with van der Waals surface area (Å²) in [5.41, 5.74) is 0. The van der Waals surface area contributed by atoms with Crippen LogP contribution in [0.15, 0.2) is 0 Å². The van der Waals surface area contributed by atoms with Gasteiger partial charge in [-0.1, -0.05) is 0 Å². The highest BCUT2D eigenvalue weighted by molar-refractivity contribution is 7.99. The summed E-state index contributed by atoms with van der Waals surface area (Å²) in [7, 11) is 1.39. The molecule has 0 aromatic heterocycles. The third-order valence-corrected chi connectivity index (χ3v) is 4.63. The fourth-order valence-electron chi connectivity index (χ4n) is 2.59. The number of carbonyl (C=O) groups excluding carboxylic acids is 2. The Morgan fingerprint density at radius 2 is 1.94 bits per heavy atom. The average molecular weight is 257 g/mol. The third-order valence-electron chi connectivity index (χ3n) is 3.58. The van der Waals surface area contributed by atoms with E-state index in [2.05, 4.69) is 0 Å². The Hall–Kier alpha value is -0.710. The molecular weight excluding hydrogens is 238 g/mol. The van der Waals surface area contributed by atoms with Gasteiger partial charge in [-0.15, -0.1) is 0 Å². The van der Waals surface area contributed by atoms with Crippen LogP contribution in [0.3, 0.4) is 0 Å². The Morgan fingerprint density at radius 1 is 1.24 bits per heavy atom. The molecule has 2 aliphatic heterocycles. The molecule has 0 N–H and O–H groups in total. The molecule has 1 atom stereocenters. The molecule has 2 aliphatic rings. The van der Waals surface area contributed by atoms with Crippen LogP contribution in [-0.2, 0) is 14.3 Å². The molecule has 0 spiro atoms. The summed E-state index contributed by atoms with van der Waals surface area (Å²) in [6.07, 6.45) is 3.56. The van der Waals surface area contributed by atoms with Crippen LogP contribution < -0.4 is 0 Å². The maximum atomic E-state index is 12.3. The molecule has 2 fully saturated rings. The molecule has 0 unspecified atom stereocenters. The monoisotopic (exact) mass is 257 g/mol. The van der Waals surface area contributed by atoms with Crippen molar-refractivity contribution in [3.63, 3.8) is 0 Å². The molecule has 0 aromatic carbocycles. The van der Waals surface area contributed by atoms with Crippen molar-refractivity contribution < 1.29 is 14.3 Å². The summed E-state index contributed by atoms with van der Waals surface area (Å²) in [6.45, 7) is 0.711. The number of methoxy groups -OCH3 is 1. The van der Waals surface area contributed by atoms with Crippen molar-refractivity contribution in [1.29, 1.82) is 0 Å². The molecule has 0 saturated carbocycles. The zero-order valence-electron chi connectivity index (χ0n) is 10.2. The first-order valence-electron chi connectivity index (χ1n) is 6.20. The topological polar surface area (TPSA) is 46.6 Å². The van der Waals surface area contributed by atoms with Crippen LogP contribution >= 0.6 is 11.8 Å². The highest BCUT2D eigenvalue weighted by atomic mass is 32.2. The largest absolute Gasteiger partial charge is 0.467 e. The Balaban J connectivity index is 1.99. The van der Waals surface area contributed by atoms with Gasteiger partial charge >= 0.3 is 5.97 Å². The van der Waals surface area contributed by atoms with Crippen LogP contribution in [0.4, 0.5) is 0 Å². The fourth-order valence-corrected chi connectivity index (χ4v) is 3.70. The second-order valence-electron chi connectivity index (χ2n) is 4.60.